The van der Waals surface area contributed by atoms with Gasteiger partial charge in [0.25, 0.3) is 6.43 Å². The molecule has 2 aliphatic carbocycles. The van der Waals surface area contributed by atoms with Crippen LogP contribution in [0.2, 0.25) is 0 Å². The second kappa shape index (κ2) is 7.44. The third-order valence-corrected chi connectivity index (χ3v) is 3.47. The summed E-state index contributed by atoms with van der Waals surface area (Å²) >= 11 is 4.41. The van der Waals surface area contributed by atoms with Crippen molar-refractivity contribution >= 4 is 22.9 Å². The highest BCUT2D eigenvalue weighted by atomic mass is 32.1. The summed E-state index contributed by atoms with van der Waals surface area (Å²) in [4.78, 5) is -0.617. The smallest absolute Gasteiger partial charge is 0.288 e. The monoisotopic (exact) mass is 326 g/mol. The zero-order valence-electron chi connectivity index (χ0n) is 11.6. The minimum atomic E-state index is -2.76. The van der Waals surface area contributed by atoms with E-state index < -0.39 is 17.5 Å². The summed E-state index contributed by atoms with van der Waals surface area (Å²) < 4.78 is 24.4. The molecule has 0 unspecified atom stereocenters. The van der Waals surface area contributed by atoms with Gasteiger partial charge in [0.05, 0.1) is 18.3 Å². The fraction of sp³-hybridized carbons (Fsp3) is 0.267. The molecule has 0 aromatic heterocycles. The van der Waals surface area contributed by atoms with Crippen molar-refractivity contribution in [3.8, 4) is 11.1 Å². The number of halogens is 2. The molecule has 4 nitrogen and oxygen atoms in total. The Morgan fingerprint density at radius 3 is 2.27 bits per heavy atom. The molecule has 0 bridgehead atoms. The Hall–Kier alpha value is -1.83. The van der Waals surface area contributed by atoms with Gasteiger partial charge in [0, 0.05) is 6.54 Å². The van der Waals surface area contributed by atoms with Gasteiger partial charge in [0.15, 0.2) is 0 Å². The molecule has 0 heterocycles. The van der Waals surface area contributed by atoms with Crippen LogP contribution in [0.15, 0.2) is 42.5 Å². The molecule has 0 amide bonds. The molecule has 2 rings (SSSR count). The Morgan fingerprint density at radius 2 is 1.73 bits per heavy atom. The van der Waals surface area contributed by atoms with E-state index in [1.807, 2.05) is 30.3 Å². The Morgan fingerprint density at radius 1 is 1.14 bits per heavy atom. The molecule has 7 heteroatoms. The molecule has 0 aliphatic heterocycles. The van der Waals surface area contributed by atoms with Gasteiger partial charge in [0.2, 0.25) is 0 Å². The normalized spacial score (nSPS) is 12.4. The van der Waals surface area contributed by atoms with Crippen molar-refractivity contribution in [3.05, 3.63) is 42.5 Å². The third-order valence-electron chi connectivity index (χ3n) is 3.14. The predicted octanol–water partition coefficient (Wildman–Crippen LogP) is 2.53. The number of fused-ring (bicyclic) bond motifs is 1. The van der Waals surface area contributed by atoms with Gasteiger partial charge in [-0.15, -0.1) is 0 Å². The van der Waals surface area contributed by atoms with Crippen molar-refractivity contribution in [3.63, 3.8) is 0 Å². The van der Waals surface area contributed by atoms with Crippen LogP contribution in [0.1, 0.15) is 0 Å². The maximum Gasteiger partial charge on any atom is 0.288 e. The summed E-state index contributed by atoms with van der Waals surface area (Å²) in [6.07, 6.45) is -3.81. The van der Waals surface area contributed by atoms with Crippen LogP contribution in [-0.2, 0) is 0 Å². The van der Waals surface area contributed by atoms with E-state index >= 15 is 0 Å². The summed E-state index contributed by atoms with van der Waals surface area (Å²) in [6.45, 7) is -0.292. The lowest BCUT2D eigenvalue weighted by molar-refractivity contribution is 0.138. The van der Waals surface area contributed by atoms with E-state index in [0.29, 0.717) is 5.69 Å². The van der Waals surface area contributed by atoms with Gasteiger partial charge in [-0.25, -0.2) is 8.78 Å². The first-order chi connectivity index (χ1) is 10.5. The molecule has 0 saturated carbocycles. The van der Waals surface area contributed by atoms with Gasteiger partial charge in [-0.1, -0.05) is 42.5 Å². The molecule has 0 spiro atoms. The fourth-order valence-corrected chi connectivity index (χ4v) is 2.08. The summed E-state index contributed by atoms with van der Waals surface area (Å²) in [5.41, 5.74) is 2.56. The van der Waals surface area contributed by atoms with Crippen molar-refractivity contribution in [2.45, 2.75) is 12.5 Å². The molecule has 1 atom stereocenters. The van der Waals surface area contributed by atoms with E-state index in [2.05, 4.69) is 17.5 Å². The van der Waals surface area contributed by atoms with Crippen molar-refractivity contribution in [2.24, 2.45) is 0 Å². The van der Waals surface area contributed by atoms with E-state index in [-0.39, 0.29) is 13.1 Å². The van der Waals surface area contributed by atoms with Gasteiger partial charge in [0.1, 0.15) is 4.99 Å². The topological polar surface area (TPSA) is 55.7 Å². The molecule has 0 aromatic carbocycles. The standard InChI is InChI=1S/C15H16F2N2O2S/c16-14(17)15(22)18-8-13(20)9-19(21)12-6-4-10-2-1-3-11(10)5-7-12/h1-7,13-14,20-21H,8-9H2,(H,18,22)/t13-/m0/s1. The molecule has 22 heavy (non-hydrogen) atoms. The van der Waals surface area contributed by atoms with E-state index in [1.165, 1.54) is 0 Å². The molecule has 0 radical (unpaired) electrons. The highest BCUT2D eigenvalue weighted by Gasteiger charge is 2.14. The molecule has 3 N–H and O–H groups in total. The second-order valence-electron chi connectivity index (χ2n) is 4.81. The lowest BCUT2D eigenvalue weighted by Crippen LogP contribution is -2.40. The highest BCUT2D eigenvalue weighted by molar-refractivity contribution is 7.80. The van der Waals surface area contributed by atoms with Gasteiger partial charge in [-0.3, -0.25) is 10.3 Å². The molecule has 0 aromatic rings. The average molecular weight is 326 g/mol. The minimum absolute atomic E-state index is 0.132. The van der Waals surface area contributed by atoms with Crippen molar-refractivity contribution in [2.75, 3.05) is 18.2 Å². The maximum absolute atomic E-state index is 12.2. The molecule has 2 aliphatic rings. The van der Waals surface area contributed by atoms with E-state index in [9.17, 15) is 19.1 Å². The third kappa shape index (κ3) is 4.33. The molecule has 0 saturated heterocycles. The fourth-order valence-electron chi connectivity index (χ4n) is 1.99. The van der Waals surface area contributed by atoms with Gasteiger partial charge in [-0.05, 0) is 23.3 Å². The van der Waals surface area contributed by atoms with Crippen molar-refractivity contribution in [1.82, 2.24) is 5.32 Å². The summed E-state index contributed by atoms with van der Waals surface area (Å²) in [7, 11) is 0. The number of thiocarbonyl (C=S) groups is 1. The first-order valence-electron chi connectivity index (χ1n) is 6.66. The van der Waals surface area contributed by atoms with Crippen LogP contribution in [0, 0.1) is 0 Å². The van der Waals surface area contributed by atoms with Crippen LogP contribution in [0.5, 0.6) is 0 Å². The van der Waals surface area contributed by atoms with Crippen LogP contribution >= 0.6 is 12.2 Å². The van der Waals surface area contributed by atoms with Crippen LogP contribution in [0.3, 0.4) is 0 Å². The van der Waals surface area contributed by atoms with Crippen LogP contribution in [0.25, 0.3) is 11.1 Å². The number of nitrogens with one attached hydrogen (secondary N) is 1. The van der Waals surface area contributed by atoms with Gasteiger partial charge >= 0.3 is 0 Å². The summed E-state index contributed by atoms with van der Waals surface area (Å²) in [6, 6.07) is 13.0. The Kier molecular flexibility index (Phi) is 5.59. The first-order valence-corrected chi connectivity index (χ1v) is 7.07. The number of anilines is 1. The van der Waals surface area contributed by atoms with Crippen LogP contribution < -0.4 is 10.4 Å². The van der Waals surface area contributed by atoms with Gasteiger partial charge in [-0.2, -0.15) is 0 Å². The lowest BCUT2D eigenvalue weighted by Gasteiger charge is -2.20. The number of hydrogen-bond donors (Lipinski definition) is 3. The Labute approximate surface area is 132 Å². The molecule has 0 fully saturated rings. The van der Waals surface area contributed by atoms with Crippen molar-refractivity contribution < 1.29 is 19.1 Å². The number of hydrogen-bond acceptors (Lipinski definition) is 4. The van der Waals surface area contributed by atoms with E-state index in [0.717, 1.165) is 16.2 Å². The Balaban J connectivity index is 1.94. The number of aliphatic hydroxyl groups is 1. The molecular formula is C15H16F2N2O2S. The number of aliphatic hydroxyl groups excluding tert-OH is 1. The zero-order chi connectivity index (χ0) is 16.1. The second-order valence-corrected chi connectivity index (χ2v) is 5.25. The number of hydroxylamine groups is 1. The lowest BCUT2D eigenvalue weighted by atomic mass is 10.2. The zero-order valence-corrected chi connectivity index (χ0v) is 12.4. The molecular weight excluding hydrogens is 310 g/mol. The molecule has 118 valence electrons. The number of nitrogens with zero attached hydrogens (tertiary/aromatic N) is 1. The Bertz CT molecular complexity index is 581. The highest BCUT2D eigenvalue weighted by Crippen LogP contribution is 2.24. The number of alkyl halides is 2. The van der Waals surface area contributed by atoms with Crippen molar-refractivity contribution in [1.29, 1.82) is 0 Å². The SMILES string of the molecule is O[C@@H](CNC(=S)C(F)F)CN(O)c1ccc2cccc-2cc1. The largest absolute Gasteiger partial charge is 0.389 e. The van der Waals surface area contributed by atoms with Crippen LogP contribution in [-0.4, -0.2) is 40.9 Å². The van der Waals surface area contributed by atoms with Crippen LogP contribution in [0.4, 0.5) is 14.5 Å². The predicted molar refractivity (Wildman–Crippen MR) is 84.8 cm³/mol. The summed E-state index contributed by atoms with van der Waals surface area (Å²) in [5.74, 6) is 0. The maximum atomic E-state index is 12.2. The van der Waals surface area contributed by atoms with Gasteiger partial charge < -0.3 is 10.4 Å². The summed E-state index contributed by atoms with van der Waals surface area (Å²) in [5, 5.41) is 22.9. The number of rotatable bonds is 6. The average Bonchev–Trinajstić information content (AvgIpc) is 2.83. The van der Waals surface area contributed by atoms with E-state index in [4.69, 9.17) is 0 Å². The first kappa shape index (κ1) is 16.5. The quantitative estimate of drug-likeness (QED) is 0.563. The minimum Gasteiger partial charge on any atom is -0.389 e. The van der Waals surface area contributed by atoms with E-state index in [1.54, 1.807) is 12.1 Å².